The first-order valence-electron chi connectivity index (χ1n) is 9.80. The Kier molecular flexibility index (Phi) is 5.56. The summed E-state index contributed by atoms with van der Waals surface area (Å²) < 4.78 is 10.6. The average Bonchev–Trinajstić information content (AvgIpc) is 3.44. The van der Waals surface area contributed by atoms with Crippen molar-refractivity contribution in [2.45, 2.75) is 32.1 Å². The predicted molar refractivity (Wildman–Crippen MR) is 117 cm³/mol. The minimum atomic E-state index is -0.915. The van der Waals surface area contributed by atoms with E-state index in [0.29, 0.717) is 27.8 Å². The van der Waals surface area contributed by atoms with Crippen molar-refractivity contribution in [1.82, 2.24) is 4.98 Å². The highest BCUT2D eigenvalue weighted by molar-refractivity contribution is 7.10. The Labute approximate surface area is 179 Å². The summed E-state index contributed by atoms with van der Waals surface area (Å²) in [6.07, 6.45) is 3.18. The Balaban J connectivity index is 1.65. The number of ether oxygens (including phenoxy) is 2. The normalized spacial score (nSPS) is 13.4. The molecule has 1 heterocycles. The molecule has 0 fully saturated rings. The molecule has 3 aromatic rings. The molecule has 152 valence electrons. The number of benzene rings is 2. The monoisotopic (exact) mass is 418 g/mol. The third-order valence-electron chi connectivity index (χ3n) is 5.67. The molecule has 0 radical (unpaired) electrons. The van der Waals surface area contributed by atoms with Crippen LogP contribution in [0.4, 0.5) is 0 Å². The van der Waals surface area contributed by atoms with Crippen LogP contribution in [-0.4, -0.2) is 25.0 Å². The van der Waals surface area contributed by atoms with Crippen molar-refractivity contribution in [3.05, 3.63) is 63.0 Å². The summed E-state index contributed by atoms with van der Waals surface area (Å²) in [5, 5.41) is 12.2. The zero-order valence-electron chi connectivity index (χ0n) is 17.2. The number of carbonyl (C=O) groups is 1. The molecule has 1 unspecified atom stereocenters. The van der Waals surface area contributed by atoms with Gasteiger partial charge in [0.15, 0.2) is 23.2 Å². The van der Waals surface area contributed by atoms with E-state index in [1.165, 1.54) is 22.5 Å². The lowest BCUT2D eigenvalue weighted by atomic mass is 9.91. The number of carbonyl (C=O) groups excluding carboxylic acids is 1. The van der Waals surface area contributed by atoms with Gasteiger partial charge < -0.3 is 9.47 Å². The number of ketones is 1. The van der Waals surface area contributed by atoms with Crippen molar-refractivity contribution in [3.63, 3.8) is 0 Å². The van der Waals surface area contributed by atoms with Gasteiger partial charge >= 0.3 is 0 Å². The Bertz CT molecular complexity index is 1160. The fourth-order valence-electron chi connectivity index (χ4n) is 4.05. The van der Waals surface area contributed by atoms with Gasteiger partial charge in [0.1, 0.15) is 5.01 Å². The summed E-state index contributed by atoms with van der Waals surface area (Å²) in [6, 6.07) is 11.6. The van der Waals surface area contributed by atoms with Crippen LogP contribution in [0.5, 0.6) is 11.5 Å². The zero-order valence-corrected chi connectivity index (χ0v) is 18.0. The molecule has 1 atom stereocenters. The number of hydrogen-bond acceptors (Lipinski definition) is 6. The van der Waals surface area contributed by atoms with Gasteiger partial charge in [-0.3, -0.25) is 4.79 Å². The lowest BCUT2D eigenvalue weighted by Gasteiger charge is -2.12. The van der Waals surface area contributed by atoms with E-state index in [1.807, 2.05) is 42.6 Å². The summed E-state index contributed by atoms with van der Waals surface area (Å²) in [4.78, 5) is 17.8. The lowest BCUT2D eigenvalue weighted by Crippen LogP contribution is -2.13. The quantitative estimate of drug-likeness (QED) is 0.520. The van der Waals surface area contributed by atoms with Gasteiger partial charge in [0.25, 0.3) is 0 Å². The molecule has 1 aromatic heterocycles. The van der Waals surface area contributed by atoms with Crippen LogP contribution in [0.2, 0.25) is 0 Å². The fraction of sp³-hybridized carbons (Fsp3) is 0.292. The Morgan fingerprint density at radius 3 is 2.70 bits per heavy atom. The number of Topliss-reactive ketones (excluding diaryl/α,β-unsaturated/α-hetero) is 1. The van der Waals surface area contributed by atoms with Crippen LogP contribution in [0, 0.1) is 18.3 Å². The molecule has 5 nitrogen and oxygen atoms in total. The zero-order chi connectivity index (χ0) is 21.3. The Morgan fingerprint density at radius 1 is 1.17 bits per heavy atom. The van der Waals surface area contributed by atoms with E-state index in [-0.39, 0.29) is 5.78 Å². The highest BCUT2D eigenvalue weighted by Crippen LogP contribution is 2.35. The lowest BCUT2D eigenvalue weighted by molar-refractivity contribution is 0.0978. The molecule has 30 heavy (non-hydrogen) atoms. The number of nitrogens with zero attached hydrogens (tertiary/aromatic N) is 2. The molecule has 0 bridgehead atoms. The second-order valence-electron chi connectivity index (χ2n) is 7.30. The molecule has 0 aliphatic heterocycles. The minimum Gasteiger partial charge on any atom is -0.493 e. The number of rotatable bonds is 6. The third-order valence-corrected chi connectivity index (χ3v) is 6.58. The molecule has 1 aliphatic rings. The highest BCUT2D eigenvalue weighted by Gasteiger charge is 2.28. The van der Waals surface area contributed by atoms with E-state index in [1.54, 1.807) is 14.2 Å². The molecule has 1 aliphatic carbocycles. The van der Waals surface area contributed by atoms with Gasteiger partial charge in [0.05, 0.1) is 26.0 Å². The molecule has 0 spiro atoms. The van der Waals surface area contributed by atoms with Crippen LogP contribution in [0.1, 0.15) is 44.4 Å². The molecule has 0 N–H and O–H groups in total. The Hall–Kier alpha value is -3.17. The van der Waals surface area contributed by atoms with Gasteiger partial charge in [0.2, 0.25) is 0 Å². The van der Waals surface area contributed by atoms with Gasteiger partial charge in [-0.2, -0.15) is 5.26 Å². The molecule has 0 saturated heterocycles. The van der Waals surface area contributed by atoms with E-state index in [9.17, 15) is 10.1 Å². The molecule has 4 rings (SSSR count). The summed E-state index contributed by atoms with van der Waals surface area (Å²) >= 11 is 1.33. The summed E-state index contributed by atoms with van der Waals surface area (Å²) in [5.41, 5.74) is 5.77. The fourth-order valence-corrected chi connectivity index (χ4v) is 4.92. The van der Waals surface area contributed by atoms with Gasteiger partial charge in [-0.25, -0.2) is 4.98 Å². The largest absolute Gasteiger partial charge is 0.493 e. The van der Waals surface area contributed by atoms with Crippen LogP contribution < -0.4 is 9.47 Å². The number of methoxy groups -OCH3 is 2. The number of fused-ring (bicyclic) bond motifs is 1. The maximum Gasteiger partial charge on any atom is 0.187 e. The van der Waals surface area contributed by atoms with Gasteiger partial charge in [-0.15, -0.1) is 11.3 Å². The predicted octanol–water partition coefficient (Wildman–Crippen LogP) is 5.11. The summed E-state index contributed by atoms with van der Waals surface area (Å²) in [7, 11) is 3.17. The topological polar surface area (TPSA) is 72.2 Å². The van der Waals surface area contributed by atoms with E-state index in [4.69, 9.17) is 9.47 Å². The smallest absolute Gasteiger partial charge is 0.187 e. The number of nitriles is 1. The van der Waals surface area contributed by atoms with Crippen LogP contribution in [-0.2, 0) is 12.8 Å². The second-order valence-corrected chi connectivity index (χ2v) is 8.19. The van der Waals surface area contributed by atoms with Crippen LogP contribution in [0.25, 0.3) is 11.3 Å². The van der Waals surface area contributed by atoms with E-state index < -0.39 is 5.92 Å². The first-order valence-corrected chi connectivity index (χ1v) is 10.7. The molecule has 6 heteroatoms. The van der Waals surface area contributed by atoms with E-state index in [0.717, 1.165) is 30.4 Å². The first-order chi connectivity index (χ1) is 14.6. The maximum absolute atomic E-state index is 13.2. The molecule has 0 saturated carbocycles. The van der Waals surface area contributed by atoms with E-state index in [2.05, 4.69) is 11.1 Å². The van der Waals surface area contributed by atoms with Crippen LogP contribution in [0.3, 0.4) is 0 Å². The van der Waals surface area contributed by atoms with Crippen molar-refractivity contribution in [2.75, 3.05) is 14.2 Å². The molecular formula is C24H22N2O3S. The standard InChI is InChI=1S/C24H22N2O3S/c1-14-17-6-4-5-15(17)7-9-18(14)23(27)19(12-25)24-26-20(13-30-24)16-8-10-21(28-2)22(11-16)29-3/h7-11,13,19H,4-6H2,1-3H3. The van der Waals surface area contributed by atoms with Gasteiger partial charge in [-0.1, -0.05) is 12.1 Å². The Morgan fingerprint density at radius 2 is 1.97 bits per heavy atom. The minimum absolute atomic E-state index is 0.182. The van der Waals surface area contributed by atoms with Gasteiger partial charge in [0, 0.05) is 16.5 Å². The maximum atomic E-state index is 13.2. The third kappa shape index (κ3) is 3.46. The number of hydrogen-bond donors (Lipinski definition) is 0. The summed E-state index contributed by atoms with van der Waals surface area (Å²) in [5.74, 6) is 0.139. The van der Waals surface area contributed by atoms with Crippen LogP contribution in [0.15, 0.2) is 35.7 Å². The number of aryl methyl sites for hydroxylation is 1. The number of thiazole rings is 1. The second kappa shape index (κ2) is 8.29. The molecule has 2 aromatic carbocycles. The van der Waals surface area contributed by atoms with Crippen molar-refractivity contribution >= 4 is 17.1 Å². The van der Waals surface area contributed by atoms with Crippen molar-refractivity contribution < 1.29 is 14.3 Å². The van der Waals surface area contributed by atoms with Crippen molar-refractivity contribution in [2.24, 2.45) is 0 Å². The van der Waals surface area contributed by atoms with Crippen molar-refractivity contribution in [1.29, 1.82) is 5.26 Å². The van der Waals surface area contributed by atoms with Crippen LogP contribution >= 0.6 is 11.3 Å². The highest BCUT2D eigenvalue weighted by atomic mass is 32.1. The molecule has 0 amide bonds. The number of aromatic nitrogens is 1. The van der Waals surface area contributed by atoms with Crippen molar-refractivity contribution in [3.8, 4) is 28.8 Å². The average molecular weight is 419 g/mol. The SMILES string of the molecule is COc1ccc(-c2csc(C(C#N)C(=O)c3ccc4c(c3C)CCC4)n2)cc1OC. The van der Waals surface area contributed by atoms with Gasteiger partial charge in [-0.05, 0) is 61.1 Å². The molecular weight excluding hydrogens is 396 g/mol. The van der Waals surface area contributed by atoms with E-state index >= 15 is 0 Å². The first kappa shape index (κ1) is 20.1. The summed E-state index contributed by atoms with van der Waals surface area (Å²) in [6.45, 7) is 1.99.